The number of rotatable bonds is 8. The van der Waals surface area contributed by atoms with E-state index in [2.05, 4.69) is 25.5 Å². The summed E-state index contributed by atoms with van der Waals surface area (Å²) >= 11 is 0. The number of hydrogen-bond acceptors (Lipinski definition) is 8. The van der Waals surface area contributed by atoms with E-state index in [-0.39, 0.29) is 30.4 Å². The summed E-state index contributed by atoms with van der Waals surface area (Å²) in [7, 11) is 0. The lowest BCUT2D eigenvalue weighted by Crippen LogP contribution is -2.59. The fraction of sp³-hybridized carbons (Fsp3) is 0.516. The smallest absolute Gasteiger partial charge is 0.317 e. The van der Waals surface area contributed by atoms with E-state index in [9.17, 15) is 9.59 Å². The van der Waals surface area contributed by atoms with E-state index in [0.717, 1.165) is 54.3 Å². The number of hydrogen-bond donors (Lipinski definition) is 2. The van der Waals surface area contributed by atoms with E-state index in [1.807, 2.05) is 36.1 Å². The van der Waals surface area contributed by atoms with Gasteiger partial charge in [0.15, 0.2) is 11.5 Å². The number of carbonyl (C=O) groups is 2. The molecular formula is C31H40N8O4. The van der Waals surface area contributed by atoms with Crippen LogP contribution in [0.25, 0.3) is 5.95 Å². The first kappa shape index (κ1) is 28.8. The summed E-state index contributed by atoms with van der Waals surface area (Å²) in [4.78, 5) is 44.1. The van der Waals surface area contributed by atoms with Crippen LogP contribution < -0.4 is 25.0 Å². The first-order chi connectivity index (χ1) is 21.0. The first-order valence-corrected chi connectivity index (χ1v) is 15.3. The van der Waals surface area contributed by atoms with E-state index < -0.39 is 0 Å². The number of piperazine rings is 1. The van der Waals surface area contributed by atoms with Crippen molar-refractivity contribution in [3.05, 3.63) is 54.2 Å². The van der Waals surface area contributed by atoms with Gasteiger partial charge in [-0.25, -0.2) is 14.8 Å². The molecule has 3 aromatic rings. The number of nitrogens with one attached hydrogen (secondary N) is 2. The van der Waals surface area contributed by atoms with Gasteiger partial charge in [0.25, 0.3) is 0 Å². The minimum Gasteiger partial charge on any atom is -0.486 e. The number of urea groups is 1. The zero-order valence-electron chi connectivity index (χ0n) is 24.7. The lowest BCUT2D eigenvalue weighted by molar-refractivity contribution is -0.121. The van der Waals surface area contributed by atoms with Gasteiger partial charge in [-0.3, -0.25) is 9.36 Å². The van der Waals surface area contributed by atoms with Crippen molar-refractivity contribution < 1.29 is 19.1 Å². The summed E-state index contributed by atoms with van der Waals surface area (Å²) < 4.78 is 13.1. The molecule has 2 aliphatic heterocycles. The van der Waals surface area contributed by atoms with Gasteiger partial charge in [0.2, 0.25) is 11.9 Å². The van der Waals surface area contributed by atoms with E-state index >= 15 is 0 Å². The van der Waals surface area contributed by atoms with Crippen molar-refractivity contribution in [1.82, 2.24) is 35.1 Å². The quantitative estimate of drug-likeness (QED) is 0.411. The van der Waals surface area contributed by atoms with Crippen molar-refractivity contribution in [2.45, 2.75) is 64.0 Å². The number of anilines is 1. The molecule has 1 unspecified atom stereocenters. The predicted molar refractivity (Wildman–Crippen MR) is 161 cm³/mol. The van der Waals surface area contributed by atoms with Gasteiger partial charge in [0, 0.05) is 62.8 Å². The maximum atomic E-state index is 13.3. The van der Waals surface area contributed by atoms with Crippen molar-refractivity contribution in [2.24, 2.45) is 0 Å². The molecule has 2 aromatic heterocycles. The molecule has 1 saturated carbocycles. The Morgan fingerprint density at radius 1 is 1.02 bits per heavy atom. The monoisotopic (exact) mass is 588 g/mol. The number of nitrogens with zero attached hydrogens (tertiary/aromatic N) is 6. The van der Waals surface area contributed by atoms with Crippen LogP contribution in [0.4, 0.5) is 10.6 Å². The Labute approximate surface area is 251 Å². The second kappa shape index (κ2) is 13.3. The summed E-state index contributed by atoms with van der Waals surface area (Å²) in [6.07, 6.45) is 11.7. The molecule has 0 radical (unpaired) electrons. The van der Waals surface area contributed by atoms with Crippen molar-refractivity contribution >= 4 is 17.8 Å². The molecule has 1 atom stereocenters. The van der Waals surface area contributed by atoms with Gasteiger partial charge in [-0.05, 0) is 43.9 Å². The Morgan fingerprint density at radius 2 is 1.86 bits per heavy atom. The SMILES string of the molecule is Cc1cc(N2CCN(C(=O)NC3CCCCC3)CC2CC(=O)NCCc2ccc3c(c2)OCCO3)nc(-n2ccnc2)n1. The largest absolute Gasteiger partial charge is 0.486 e. The van der Waals surface area contributed by atoms with E-state index in [1.54, 1.807) is 23.3 Å². The molecule has 3 amide bonds. The summed E-state index contributed by atoms with van der Waals surface area (Å²) in [5.74, 6) is 2.69. The molecule has 1 saturated heterocycles. The standard InChI is InChI=1S/C31H40N8O4/c1-22-17-28(36-30(34-22)38-12-11-32-21-38)39-14-13-37(31(41)35-24-5-3-2-4-6-24)20-25(39)19-29(40)33-10-9-23-7-8-26-27(18-23)43-16-15-42-26/h7-8,11-12,17-18,21,24-25H,2-6,9-10,13-16,19-20H2,1H3,(H,33,40)(H,35,41). The molecular weight excluding hydrogens is 548 g/mol. The average molecular weight is 589 g/mol. The maximum absolute atomic E-state index is 13.3. The highest BCUT2D eigenvalue weighted by atomic mass is 16.6. The van der Waals surface area contributed by atoms with Crippen LogP contribution in [-0.4, -0.2) is 87.8 Å². The number of aromatic nitrogens is 4. The number of aryl methyl sites for hydroxylation is 1. The lowest BCUT2D eigenvalue weighted by Gasteiger charge is -2.42. The third kappa shape index (κ3) is 7.18. The summed E-state index contributed by atoms with van der Waals surface area (Å²) in [6, 6.07) is 7.76. The normalized spacial score (nSPS) is 18.8. The minimum atomic E-state index is -0.245. The highest BCUT2D eigenvalue weighted by Crippen LogP contribution is 2.31. The van der Waals surface area contributed by atoms with Crippen LogP contribution in [-0.2, 0) is 11.2 Å². The second-order valence-corrected chi connectivity index (χ2v) is 11.5. The maximum Gasteiger partial charge on any atom is 0.317 e. The topological polar surface area (TPSA) is 127 Å². The Hall–Kier alpha value is -4.35. The second-order valence-electron chi connectivity index (χ2n) is 11.5. The van der Waals surface area contributed by atoms with Crippen LogP contribution in [0.3, 0.4) is 0 Å². The van der Waals surface area contributed by atoms with Crippen molar-refractivity contribution in [3.8, 4) is 17.4 Å². The van der Waals surface area contributed by atoms with Crippen molar-refractivity contribution in [2.75, 3.05) is 44.3 Å². The van der Waals surface area contributed by atoms with Crippen molar-refractivity contribution in [3.63, 3.8) is 0 Å². The van der Waals surface area contributed by atoms with Gasteiger partial charge in [-0.15, -0.1) is 0 Å². The molecule has 0 bridgehead atoms. The van der Waals surface area contributed by atoms with Crippen LogP contribution >= 0.6 is 0 Å². The minimum absolute atomic E-state index is 0.0476. The molecule has 43 heavy (non-hydrogen) atoms. The van der Waals surface area contributed by atoms with Gasteiger partial charge >= 0.3 is 6.03 Å². The van der Waals surface area contributed by atoms with Gasteiger partial charge < -0.3 is 29.9 Å². The van der Waals surface area contributed by atoms with Crippen LogP contribution in [0.2, 0.25) is 0 Å². The van der Waals surface area contributed by atoms with Crippen LogP contribution in [0.1, 0.15) is 49.8 Å². The van der Waals surface area contributed by atoms with Crippen LogP contribution in [0.5, 0.6) is 11.5 Å². The first-order valence-electron chi connectivity index (χ1n) is 15.3. The van der Waals surface area contributed by atoms with Crippen LogP contribution in [0.15, 0.2) is 43.0 Å². The molecule has 2 N–H and O–H groups in total. The van der Waals surface area contributed by atoms with Gasteiger partial charge in [0.1, 0.15) is 25.4 Å². The average Bonchev–Trinajstić information content (AvgIpc) is 3.57. The zero-order chi connectivity index (χ0) is 29.6. The Bertz CT molecular complexity index is 1410. The summed E-state index contributed by atoms with van der Waals surface area (Å²) in [5.41, 5.74) is 1.88. The van der Waals surface area contributed by atoms with Crippen molar-refractivity contribution in [1.29, 1.82) is 0 Å². The Morgan fingerprint density at radius 3 is 2.67 bits per heavy atom. The van der Waals surface area contributed by atoms with E-state index in [0.29, 0.717) is 51.8 Å². The molecule has 1 aliphatic carbocycles. The highest BCUT2D eigenvalue weighted by molar-refractivity contribution is 5.78. The lowest BCUT2D eigenvalue weighted by atomic mass is 9.96. The number of benzene rings is 1. The number of amides is 3. The number of carbonyl (C=O) groups excluding carboxylic acids is 2. The fourth-order valence-corrected chi connectivity index (χ4v) is 6.08. The Balaban J connectivity index is 1.13. The molecule has 4 heterocycles. The van der Waals surface area contributed by atoms with Crippen LogP contribution in [0, 0.1) is 6.92 Å². The third-order valence-electron chi connectivity index (χ3n) is 8.32. The van der Waals surface area contributed by atoms with E-state index in [1.165, 1.54) is 6.42 Å². The summed E-state index contributed by atoms with van der Waals surface area (Å²) in [6.45, 7) is 5.05. The molecule has 0 spiro atoms. The Kier molecular flexibility index (Phi) is 8.90. The van der Waals surface area contributed by atoms with Gasteiger partial charge in [-0.1, -0.05) is 25.3 Å². The molecule has 2 fully saturated rings. The highest BCUT2D eigenvalue weighted by Gasteiger charge is 2.33. The molecule has 6 rings (SSSR count). The molecule has 228 valence electrons. The molecule has 12 nitrogen and oxygen atoms in total. The molecule has 1 aromatic carbocycles. The van der Waals surface area contributed by atoms with E-state index in [4.69, 9.17) is 14.5 Å². The third-order valence-corrected chi connectivity index (χ3v) is 8.32. The fourth-order valence-electron chi connectivity index (χ4n) is 6.08. The number of imidazole rings is 1. The van der Waals surface area contributed by atoms with Gasteiger partial charge in [0.05, 0.1) is 6.04 Å². The predicted octanol–water partition coefficient (Wildman–Crippen LogP) is 3.02. The zero-order valence-corrected chi connectivity index (χ0v) is 24.7. The molecule has 3 aliphatic rings. The number of fused-ring (bicyclic) bond motifs is 1. The number of ether oxygens (including phenoxy) is 2. The molecule has 12 heteroatoms. The van der Waals surface area contributed by atoms with Gasteiger partial charge in [-0.2, -0.15) is 4.98 Å². The summed E-state index contributed by atoms with van der Waals surface area (Å²) in [5, 5.41) is 6.32.